The molecule has 25 heavy (non-hydrogen) atoms. The average Bonchev–Trinajstić information content (AvgIpc) is 3.30. The normalized spacial score (nSPS) is 23.4. The van der Waals surface area contributed by atoms with E-state index >= 15 is 0 Å². The molecule has 6 heteroatoms. The van der Waals surface area contributed by atoms with Gasteiger partial charge in [0.05, 0.1) is 6.54 Å². The fraction of sp³-hybridized carbons (Fsp3) is 0.526. The van der Waals surface area contributed by atoms with Crippen LogP contribution >= 0.6 is 0 Å². The molecular weight excluding hydrogens is 321 g/mol. The van der Waals surface area contributed by atoms with E-state index in [1.807, 2.05) is 0 Å². The molecule has 2 saturated carbocycles. The molecule has 4 rings (SSSR count). The molecule has 2 fully saturated rings. The molecule has 0 spiro atoms. The zero-order valence-electron chi connectivity index (χ0n) is 14.1. The number of amides is 1. The van der Waals surface area contributed by atoms with Crippen molar-refractivity contribution < 1.29 is 13.7 Å². The monoisotopic (exact) mass is 343 g/mol. The lowest BCUT2D eigenvalue weighted by Gasteiger charge is -2.21. The Morgan fingerprint density at radius 1 is 1.28 bits per heavy atom. The number of aromatic nitrogens is 2. The van der Waals surface area contributed by atoms with E-state index in [9.17, 15) is 9.18 Å². The molecule has 2 atom stereocenters. The highest BCUT2D eigenvalue weighted by Crippen LogP contribution is 2.49. The van der Waals surface area contributed by atoms with Crippen molar-refractivity contribution in [1.82, 2.24) is 15.5 Å². The van der Waals surface area contributed by atoms with Crippen LogP contribution in [0.4, 0.5) is 4.39 Å². The van der Waals surface area contributed by atoms with E-state index in [1.54, 1.807) is 12.1 Å². The number of hydrogen-bond acceptors (Lipinski definition) is 4. The van der Waals surface area contributed by atoms with Crippen LogP contribution in [0, 0.1) is 23.6 Å². The maximum atomic E-state index is 13.3. The second kappa shape index (κ2) is 6.94. The van der Waals surface area contributed by atoms with Crippen molar-refractivity contribution in [3.8, 4) is 11.5 Å². The number of halogens is 1. The highest BCUT2D eigenvalue weighted by Gasteiger charge is 2.47. The van der Waals surface area contributed by atoms with Crippen molar-refractivity contribution in [1.29, 1.82) is 0 Å². The van der Waals surface area contributed by atoms with Gasteiger partial charge in [-0.2, -0.15) is 4.98 Å². The van der Waals surface area contributed by atoms with Crippen molar-refractivity contribution in [3.63, 3.8) is 0 Å². The van der Waals surface area contributed by atoms with Crippen LogP contribution in [0.3, 0.4) is 0 Å². The molecule has 132 valence electrons. The molecule has 0 bridgehead atoms. The SMILES string of the molecule is O=C(NCc1noc(-c2cccc(F)c2)n1)C1CC1C1CCCCC1. The minimum absolute atomic E-state index is 0.0904. The van der Waals surface area contributed by atoms with Gasteiger partial charge in [0.1, 0.15) is 5.82 Å². The van der Waals surface area contributed by atoms with Gasteiger partial charge in [-0.15, -0.1) is 0 Å². The van der Waals surface area contributed by atoms with Gasteiger partial charge >= 0.3 is 0 Å². The zero-order valence-corrected chi connectivity index (χ0v) is 14.1. The predicted molar refractivity (Wildman–Crippen MR) is 89.7 cm³/mol. The molecule has 1 amide bonds. The van der Waals surface area contributed by atoms with Gasteiger partial charge in [-0.25, -0.2) is 4.39 Å². The number of carbonyl (C=O) groups excluding carboxylic acids is 1. The van der Waals surface area contributed by atoms with Crippen LogP contribution in [-0.4, -0.2) is 16.0 Å². The Hall–Kier alpha value is -2.24. The lowest BCUT2D eigenvalue weighted by atomic mass is 9.85. The fourth-order valence-electron chi connectivity index (χ4n) is 3.96. The second-order valence-electron chi connectivity index (χ2n) is 7.15. The highest BCUT2D eigenvalue weighted by molar-refractivity contribution is 5.81. The largest absolute Gasteiger partial charge is 0.348 e. The number of nitrogens with one attached hydrogen (secondary N) is 1. The maximum Gasteiger partial charge on any atom is 0.258 e. The smallest absolute Gasteiger partial charge is 0.258 e. The van der Waals surface area contributed by atoms with Crippen molar-refractivity contribution >= 4 is 5.91 Å². The van der Waals surface area contributed by atoms with Gasteiger partial charge in [-0.05, 0) is 36.5 Å². The number of rotatable bonds is 5. The van der Waals surface area contributed by atoms with E-state index in [0.717, 1.165) is 12.3 Å². The van der Waals surface area contributed by atoms with Gasteiger partial charge in [0.15, 0.2) is 5.82 Å². The third-order valence-electron chi connectivity index (χ3n) is 5.39. The zero-order chi connectivity index (χ0) is 17.2. The van der Waals surface area contributed by atoms with Gasteiger partial charge < -0.3 is 9.84 Å². The summed E-state index contributed by atoms with van der Waals surface area (Å²) in [7, 11) is 0. The van der Waals surface area contributed by atoms with Crippen LogP contribution in [0.15, 0.2) is 28.8 Å². The third kappa shape index (κ3) is 3.72. The summed E-state index contributed by atoms with van der Waals surface area (Å²) in [5.74, 6) is 1.85. The van der Waals surface area contributed by atoms with Crippen molar-refractivity contribution in [3.05, 3.63) is 35.9 Å². The molecular formula is C19H22FN3O2. The standard InChI is InChI=1S/C19H22FN3O2/c20-14-8-4-7-13(9-14)19-22-17(23-25-19)11-21-18(24)16-10-15(16)12-5-2-1-3-6-12/h4,7-9,12,15-16H,1-3,5-6,10-11H2,(H,21,24). The van der Waals surface area contributed by atoms with Gasteiger partial charge in [0.2, 0.25) is 5.91 Å². The number of nitrogens with zero attached hydrogens (tertiary/aromatic N) is 2. The van der Waals surface area contributed by atoms with Gasteiger partial charge in [0, 0.05) is 11.5 Å². The summed E-state index contributed by atoms with van der Waals surface area (Å²) in [5.41, 5.74) is 0.532. The van der Waals surface area contributed by atoms with E-state index in [-0.39, 0.29) is 30.1 Å². The Kier molecular flexibility index (Phi) is 4.51. The molecule has 1 N–H and O–H groups in total. The molecule has 0 radical (unpaired) electrons. The molecule has 1 aromatic carbocycles. The summed E-state index contributed by atoms with van der Waals surface area (Å²) in [6, 6.07) is 6.00. The Morgan fingerprint density at radius 3 is 2.92 bits per heavy atom. The van der Waals surface area contributed by atoms with Crippen molar-refractivity contribution in [2.24, 2.45) is 17.8 Å². The average molecular weight is 343 g/mol. The maximum absolute atomic E-state index is 13.3. The van der Waals surface area contributed by atoms with E-state index < -0.39 is 0 Å². The lowest BCUT2D eigenvalue weighted by molar-refractivity contribution is -0.123. The molecule has 1 heterocycles. The van der Waals surface area contributed by atoms with Crippen LogP contribution < -0.4 is 5.32 Å². The van der Waals surface area contributed by atoms with Crippen LogP contribution in [-0.2, 0) is 11.3 Å². The Morgan fingerprint density at radius 2 is 2.12 bits per heavy atom. The number of benzene rings is 1. The second-order valence-corrected chi connectivity index (χ2v) is 7.15. The van der Waals surface area contributed by atoms with E-state index in [4.69, 9.17) is 4.52 Å². The third-order valence-corrected chi connectivity index (χ3v) is 5.39. The predicted octanol–water partition coefficient (Wildman–Crippen LogP) is 3.71. The van der Waals surface area contributed by atoms with Crippen molar-refractivity contribution in [2.75, 3.05) is 0 Å². The van der Waals surface area contributed by atoms with Gasteiger partial charge in [-0.1, -0.05) is 43.3 Å². The first-order valence-electron chi connectivity index (χ1n) is 9.07. The molecule has 2 unspecified atom stereocenters. The summed E-state index contributed by atoms with van der Waals surface area (Å²) >= 11 is 0. The van der Waals surface area contributed by atoms with E-state index in [2.05, 4.69) is 15.5 Å². The number of hydrogen-bond donors (Lipinski definition) is 1. The summed E-state index contributed by atoms with van der Waals surface area (Å²) in [6.45, 7) is 0.242. The molecule has 0 saturated heterocycles. The lowest BCUT2D eigenvalue weighted by Crippen LogP contribution is -2.26. The first-order valence-corrected chi connectivity index (χ1v) is 9.07. The minimum atomic E-state index is -0.354. The Balaban J connectivity index is 1.30. The first kappa shape index (κ1) is 16.2. The molecule has 1 aromatic heterocycles. The topological polar surface area (TPSA) is 68.0 Å². The molecule has 2 aliphatic rings. The highest BCUT2D eigenvalue weighted by atomic mass is 19.1. The molecule has 0 aliphatic heterocycles. The van der Waals surface area contributed by atoms with Gasteiger partial charge in [-0.3, -0.25) is 4.79 Å². The van der Waals surface area contributed by atoms with E-state index in [1.165, 1.54) is 44.2 Å². The summed E-state index contributed by atoms with van der Waals surface area (Å²) in [4.78, 5) is 16.5. The summed E-state index contributed by atoms with van der Waals surface area (Å²) in [5, 5.41) is 6.77. The van der Waals surface area contributed by atoms with Crippen LogP contribution in [0.25, 0.3) is 11.5 Å². The number of carbonyl (C=O) groups is 1. The molecule has 2 aromatic rings. The van der Waals surface area contributed by atoms with Gasteiger partial charge in [0.25, 0.3) is 5.89 Å². The summed E-state index contributed by atoms with van der Waals surface area (Å²) < 4.78 is 18.4. The van der Waals surface area contributed by atoms with Crippen LogP contribution in [0.2, 0.25) is 0 Å². The first-order chi connectivity index (χ1) is 12.2. The van der Waals surface area contributed by atoms with Crippen LogP contribution in [0.5, 0.6) is 0 Å². The van der Waals surface area contributed by atoms with E-state index in [0.29, 0.717) is 17.3 Å². The molecule has 2 aliphatic carbocycles. The Labute approximate surface area is 146 Å². The molecule has 5 nitrogen and oxygen atoms in total. The van der Waals surface area contributed by atoms with Crippen molar-refractivity contribution in [2.45, 2.75) is 45.1 Å². The quantitative estimate of drug-likeness (QED) is 0.899. The van der Waals surface area contributed by atoms with Crippen LogP contribution in [0.1, 0.15) is 44.3 Å². The summed E-state index contributed by atoms with van der Waals surface area (Å²) in [6.07, 6.45) is 7.51. The fourth-order valence-corrected chi connectivity index (χ4v) is 3.96. The minimum Gasteiger partial charge on any atom is -0.348 e. The Bertz CT molecular complexity index is 755.